The zero-order valence-corrected chi connectivity index (χ0v) is 18.3. The number of hydrogen-bond donors (Lipinski definition) is 2. The van der Waals surface area contributed by atoms with E-state index in [9.17, 15) is 14.4 Å². The van der Waals surface area contributed by atoms with Crippen molar-refractivity contribution in [3.05, 3.63) is 93.5 Å². The van der Waals surface area contributed by atoms with Crippen molar-refractivity contribution in [2.45, 2.75) is 6.92 Å². The van der Waals surface area contributed by atoms with Crippen LogP contribution in [0.4, 0.5) is 5.69 Å². The molecular weight excluding hydrogens is 453 g/mol. The molecule has 3 aromatic carbocycles. The summed E-state index contributed by atoms with van der Waals surface area (Å²) in [6.45, 7) is 1.83. The molecule has 2 N–H and O–H groups in total. The second-order valence-electron chi connectivity index (χ2n) is 6.56. The molecule has 0 aliphatic carbocycles. The minimum Gasteiger partial charge on any atom is -0.423 e. The summed E-state index contributed by atoms with van der Waals surface area (Å²) in [6, 6.07) is 18.0. The van der Waals surface area contributed by atoms with Crippen LogP contribution in [0.15, 0.2) is 71.8 Å². The maximum Gasteiger partial charge on any atom is 0.343 e. The lowest BCUT2D eigenvalue weighted by Gasteiger charge is -2.06. The number of aryl methyl sites for hydroxylation is 1. The predicted octanol–water partition coefficient (Wildman–Crippen LogP) is 4.61. The molecule has 0 aromatic heterocycles. The Hall–Kier alpha value is -3.68. The van der Waals surface area contributed by atoms with Crippen LogP contribution < -0.4 is 15.5 Å². The molecular formula is C23H17Cl2N3O4. The van der Waals surface area contributed by atoms with Gasteiger partial charge in [0, 0.05) is 5.69 Å². The van der Waals surface area contributed by atoms with E-state index >= 15 is 0 Å². The zero-order valence-electron chi connectivity index (χ0n) is 16.8. The third kappa shape index (κ3) is 6.16. The number of carbonyl (C=O) groups is 3. The Morgan fingerprint density at radius 3 is 2.31 bits per heavy atom. The van der Waals surface area contributed by atoms with Gasteiger partial charge in [0.1, 0.15) is 5.75 Å². The maximum absolute atomic E-state index is 12.2. The van der Waals surface area contributed by atoms with Crippen LogP contribution in [0.5, 0.6) is 5.75 Å². The third-order valence-corrected chi connectivity index (χ3v) is 4.96. The molecule has 162 valence electrons. The molecule has 0 unspecified atom stereocenters. The maximum atomic E-state index is 12.2. The molecule has 0 saturated carbocycles. The van der Waals surface area contributed by atoms with Crippen LogP contribution in [0.2, 0.25) is 10.0 Å². The molecule has 0 fully saturated rings. The molecule has 3 aromatic rings. The smallest absolute Gasteiger partial charge is 0.343 e. The van der Waals surface area contributed by atoms with Gasteiger partial charge >= 0.3 is 17.8 Å². The van der Waals surface area contributed by atoms with Gasteiger partial charge in [0.05, 0.1) is 21.8 Å². The first-order chi connectivity index (χ1) is 15.3. The predicted molar refractivity (Wildman–Crippen MR) is 123 cm³/mol. The molecule has 0 atom stereocenters. The molecule has 0 bridgehead atoms. The van der Waals surface area contributed by atoms with Crippen molar-refractivity contribution < 1.29 is 19.1 Å². The van der Waals surface area contributed by atoms with Crippen molar-refractivity contribution in [1.82, 2.24) is 5.43 Å². The first kappa shape index (κ1) is 23.0. The summed E-state index contributed by atoms with van der Waals surface area (Å²) in [4.78, 5) is 36.0. The monoisotopic (exact) mass is 469 g/mol. The van der Waals surface area contributed by atoms with Gasteiger partial charge in [-0.25, -0.2) is 10.2 Å². The van der Waals surface area contributed by atoms with Crippen LogP contribution in [-0.4, -0.2) is 24.0 Å². The molecule has 32 heavy (non-hydrogen) atoms. The van der Waals surface area contributed by atoms with Crippen LogP contribution >= 0.6 is 23.2 Å². The molecule has 0 heterocycles. The molecule has 7 nitrogen and oxygen atoms in total. The summed E-state index contributed by atoms with van der Waals surface area (Å²) in [7, 11) is 0. The zero-order chi connectivity index (χ0) is 23.1. The fourth-order valence-corrected chi connectivity index (χ4v) is 2.86. The average molecular weight is 470 g/mol. The van der Waals surface area contributed by atoms with Gasteiger partial charge in [0.15, 0.2) is 0 Å². The Balaban J connectivity index is 1.52. The molecule has 9 heteroatoms. The van der Waals surface area contributed by atoms with Gasteiger partial charge in [-0.15, -0.1) is 0 Å². The standard InChI is InChI=1S/C23H17Cl2N3O4/c1-14-4-2-3-5-18(14)23(31)32-17-9-6-15(7-10-17)13-26-28-22(30)21(29)27-16-8-11-19(24)20(25)12-16/h2-13H,1H3,(H,27,29)(H,28,30). The number of rotatable bonds is 5. The number of nitrogens with zero attached hydrogens (tertiary/aromatic N) is 1. The van der Waals surface area contributed by atoms with Crippen LogP contribution in [0, 0.1) is 6.92 Å². The van der Waals surface area contributed by atoms with Crippen molar-refractivity contribution >= 4 is 52.9 Å². The number of hydrazone groups is 1. The molecule has 3 rings (SSSR count). The third-order valence-electron chi connectivity index (χ3n) is 4.22. The Labute approximate surface area is 194 Å². The van der Waals surface area contributed by atoms with E-state index in [4.69, 9.17) is 27.9 Å². The highest BCUT2D eigenvalue weighted by atomic mass is 35.5. The highest BCUT2D eigenvalue weighted by Crippen LogP contribution is 2.24. The van der Waals surface area contributed by atoms with E-state index in [1.165, 1.54) is 24.4 Å². The summed E-state index contributed by atoms with van der Waals surface area (Å²) in [6.07, 6.45) is 1.34. The first-order valence-corrected chi connectivity index (χ1v) is 10.1. The van der Waals surface area contributed by atoms with E-state index in [1.54, 1.807) is 36.4 Å². The number of anilines is 1. The summed E-state index contributed by atoms with van der Waals surface area (Å²) in [5.74, 6) is -1.97. The van der Waals surface area contributed by atoms with E-state index in [-0.39, 0.29) is 5.02 Å². The van der Waals surface area contributed by atoms with Crippen LogP contribution in [0.3, 0.4) is 0 Å². The van der Waals surface area contributed by atoms with Crippen LogP contribution in [0.1, 0.15) is 21.5 Å². The normalized spacial score (nSPS) is 10.6. The van der Waals surface area contributed by atoms with E-state index in [1.807, 2.05) is 19.1 Å². The van der Waals surface area contributed by atoms with E-state index in [0.29, 0.717) is 27.6 Å². The lowest BCUT2D eigenvalue weighted by molar-refractivity contribution is -0.136. The number of carbonyl (C=O) groups excluding carboxylic acids is 3. The minimum absolute atomic E-state index is 0.246. The Kier molecular flexibility index (Phi) is 7.59. The van der Waals surface area contributed by atoms with Crippen molar-refractivity contribution in [2.75, 3.05) is 5.32 Å². The van der Waals surface area contributed by atoms with Gasteiger partial charge in [-0.1, -0.05) is 41.4 Å². The van der Waals surface area contributed by atoms with Gasteiger partial charge in [-0.2, -0.15) is 5.10 Å². The Morgan fingerprint density at radius 1 is 0.906 bits per heavy atom. The number of amides is 2. The molecule has 0 saturated heterocycles. The summed E-state index contributed by atoms with van der Waals surface area (Å²) < 4.78 is 5.36. The molecule has 0 radical (unpaired) electrons. The highest BCUT2D eigenvalue weighted by molar-refractivity contribution is 6.43. The molecule has 0 aliphatic rings. The van der Waals surface area contributed by atoms with Crippen molar-refractivity contribution in [1.29, 1.82) is 0 Å². The van der Waals surface area contributed by atoms with Crippen molar-refractivity contribution in [3.8, 4) is 5.75 Å². The van der Waals surface area contributed by atoms with Crippen molar-refractivity contribution in [2.24, 2.45) is 5.10 Å². The van der Waals surface area contributed by atoms with Crippen LogP contribution in [0.25, 0.3) is 0 Å². The van der Waals surface area contributed by atoms with Crippen LogP contribution in [-0.2, 0) is 9.59 Å². The van der Waals surface area contributed by atoms with Gasteiger partial charge in [-0.05, 0) is 66.6 Å². The molecule has 0 spiro atoms. The second kappa shape index (κ2) is 10.6. The number of ether oxygens (including phenoxy) is 1. The molecule has 2 amide bonds. The number of benzene rings is 3. The quantitative estimate of drug-likeness (QED) is 0.187. The van der Waals surface area contributed by atoms with E-state index in [0.717, 1.165) is 5.56 Å². The Bertz CT molecular complexity index is 1190. The summed E-state index contributed by atoms with van der Waals surface area (Å²) in [5.41, 5.74) is 4.37. The van der Waals surface area contributed by atoms with E-state index in [2.05, 4.69) is 15.8 Å². The second-order valence-corrected chi connectivity index (χ2v) is 7.37. The summed E-state index contributed by atoms with van der Waals surface area (Å²) >= 11 is 11.7. The van der Waals surface area contributed by atoms with Gasteiger partial charge in [0.2, 0.25) is 0 Å². The van der Waals surface area contributed by atoms with Gasteiger partial charge < -0.3 is 10.1 Å². The number of halogens is 2. The SMILES string of the molecule is Cc1ccccc1C(=O)Oc1ccc(C=NNC(=O)C(=O)Nc2ccc(Cl)c(Cl)c2)cc1. The lowest BCUT2D eigenvalue weighted by atomic mass is 10.1. The number of hydrogen-bond acceptors (Lipinski definition) is 5. The number of nitrogens with one attached hydrogen (secondary N) is 2. The Morgan fingerprint density at radius 2 is 1.62 bits per heavy atom. The lowest BCUT2D eigenvalue weighted by Crippen LogP contribution is -2.32. The van der Waals surface area contributed by atoms with E-state index < -0.39 is 17.8 Å². The van der Waals surface area contributed by atoms with Gasteiger partial charge in [-0.3, -0.25) is 9.59 Å². The largest absolute Gasteiger partial charge is 0.423 e. The fraction of sp³-hybridized carbons (Fsp3) is 0.0435. The summed E-state index contributed by atoms with van der Waals surface area (Å²) in [5, 5.41) is 6.71. The fourth-order valence-electron chi connectivity index (χ4n) is 2.56. The topological polar surface area (TPSA) is 96.9 Å². The minimum atomic E-state index is -0.962. The highest BCUT2D eigenvalue weighted by Gasteiger charge is 2.14. The molecule has 0 aliphatic heterocycles. The number of esters is 1. The van der Waals surface area contributed by atoms with Gasteiger partial charge in [0.25, 0.3) is 0 Å². The first-order valence-electron chi connectivity index (χ1n) is 9.31. The van der Waals surface area contributed by atoms with Crippen molar-refractivity contribution in [3.63, 3.8) is 0 Å². The average Bonchev–Trinajstić information content (AvgIpc) is 2.77.